The predicted octanol–water partition coefficient (Wildman–Crippen LogP) is 1.43. The summed E-state index contributed by atoms with van der Waals surface area (Å²) in [5.41, 5.74) is 0.583. The zero-order valence-electron chi connectivity index (χ0n) is 12.3. The van der Waals surface area contributed by atoms with Crippen molar-refractivity contribution in [3.8, 4) is 0 Å². The highest BCUT2D eigenvalue weighted by Crippen LogP contribution is 2.22. The van der Waals surface area contributed by atoms with Gasteiger partial charge in [-0.15, -0.1) is 0 Å². The highest BCUT2D eigenvalue weighted by molar-refractivity contribution is 5.74. The molecule has 0 bridgehead atoms. The molecular weight excluding hydrogens is 273 g/mol. The summed E-state index contributed by atoms with van der Waals surface area (Å²) >= 11 is 0. The highest BCUT2D eigenvalue weighted by Gasteiger charge is 2.23. The summed E-state index contributed by atoms with van der Waals surface area (Å²) in [5.74, 6) is -0.234. The first-order chi connectivity index (χ1) is 10.1. The molecule has 1 fully saturated rings. The van der Waals surface area contributed by atoms with E-state index in [0.717, 1.165) is 19.4 Å². The number of piperidine rings is 1. The maximum Gasteiger partial charge on any atom is 0.317 e. The van der Waals surface area contributed by atoms with Crippen LogP contribution in [0, 0.1) is 5.82 Å². The lowest BCUT2D eigenvalue weighted by Crippen LogP contribution is -2.51. The summed E-state index contributed by atoms with van der Waals surface area (Å²) in [6.07, 6.45) is 1.78. The van der Waals surface area contributed by atoms with Crippen LogP contribution in [-0.4, -0.2) is 55.4 Å². The number of urea groups is 1. The molecule has 1 aliphatic heterocycles. The van der Waals surface area contributed by atoms with Crippen molar-refractivity contribution in [2.45, 2.75) is 18.9 Å². The van der Waals surface area contributed by atoms with E-state index in [2.05, 4.69) is 5.32 Å². The predicted molar refractivity (Wildman–Crippen MR) is 79.9 cm³/mol. The summed E-state index contributed by atoms with van der Waals surface area (Å²) in [6.45, 7) is 1.63. The van der Waals surface area contributed by atoms with Crippen LogP contribution in [-0.2, 0) is 0 Å². The van der Waals surface area contributed by atoms with Crippen LogP contribution in [0.2, 0.25) is 0 Å². The normalized spacial score (nSPS) is 18.4. The molecule has 2 amide bonds. The van der Waals surface area contributed by atoms with Crippen molar-refractivity contribution in [1.82, 2.24) is 10.2 Å². The molecule has 1 aromatic rings. The Morgan fingerprint density at radius 1 is 1.52 bits per heavy atom. The number of amides is 2. The van der Waals surface area contributed by atoms with Crippen molar-refractivity contribution < 1.29 is 14.3 Å². The van der Waals surface area contributed by atoms with Gasteiger partial charge in [-0.3, -0.25) is 0 Å². The van der Waals surface area contributed by atoms with Crippen molar-refractivity contribution in [1.29, 1.82) is 0 Å². The molecule has 0 aliphatic carbocycles. The van der Waals surface area contributed by atoms with Crippen LogP contribution in [0.15, 0.2) is 24.3 Å². The van der Waals surface area contributed by atoms with E-state index in [1.807, 2.05) is 11.0 Å². The minimum Gasteiger partial charge on any atom is -0.395 e. The third kappa shape index (κ3) is 4.07. The quantitative estimate of drug-likeness (QED) is 0.883. The number of benzene rings is 1. The lowest BCUT2D eigenvalue weighted by atomic mass is 10.0. The Morgan fingerprint density at radius 2 is 2.29 bits per heavy atom. The molecule has 0 aromatic heterocycles. The van der Waals surface area contributed by atoms with Crippen molar-refractivity contribution in [2.75, 3.05) is 38.2 Å². The molecule has 116 valence electrons. The van der Waals surface area contributed by atoms with Crippen LogP contribution in [0.1, 0.15) is 12.8 Å². The minimum atomic E-state index is -0.234. The van der Waals surface area contributed by atoms with E-state index in [1.165, 1.54) is 11.0 Å². The summed E-state index contributed by atoms with van der Waals surface area (Å²) in [6, 6.07) is 6.49. The molecule has 1 atom stereocenters. The van der Waals surface area contributed by atoms with Crippen molar-refractivity contribution in [3.63, 3.8) is 0 Å². The second-order valence-corrected chi connectivity index (χ2v) is 5.33. The molecule has 1 unspecified atom stereocenters. The first kappa shape index (κ1) is 15.6. The Labute approximate surface area is 124 Å². The minimum absolute atomic E-state index is 0.00741. The van der Waals surface area contributed by atoms with Gasteiger partial charge in [0.1, 0.15) is 5.82 Å². The molecule has 0 spiro atoms. The van der Waals surface area contributed by atoms with E-state index in [1.54, 1.807) is 19.2 Å². The summed E-state index contributed by atoms with van der Waals surface area (Å²) < 4.78 is 13.8. The van der Waals surface area contributed by atoms with Gasteiger partial charge in [0.05, 0.1) is 12.3 Å². The molecule has 1 aliphatic rings. The number of rotatable bonds is 4. The number of hydrogen-bond acceptors (Lipinski definition) is 3. The van der Waals surface area contributed by atoms with Crippen LogP contribution in [0.3, 0.4) is 0 Å². The summed E-state index contributed by atoms with van der Waals surface area (Å²) in [4.78, 5) is 15.3. The maximum atomic E-state index is 13.8. The van der Waals surface area contributed by atoms with Crippen LogP contribution >= 0.6 is 0 Å². The number of carbonyl (C=O) groups is 1. The van der Waals surface area contributed by atoms with Gasteiger partial charge in [-0.05, 0) is 25.0 Å². The lowest BCUT2D eigenvalue weighted by molar-refractivity contribution is 0.185. The molecule has 1 aromatic carbocycles. The number of nitrogens with one attached hydrogen (secondary N) is 1. The first-order valence-corrected chi connectivity index (χ1v) is 7.23. The van der Waals surface area contributed by atoms with E-state index in [-0.39, 0.29) is 24.5 Å². The second-order valence-electron chi connectivity index (χ2n) is 5.33. The average molecular weight is 295 g/mol. The van der Waals surface area contributed by atoms with E-state index < -0.39 is 0 Å². The number of nitrogens with zero attached hydrogens (tertiary/aromatic N) is 2. The zero-order chi connectivity index (χ0) is 15.2. The molecule has 1 heterocycles. The SMILES string of the molecule is CN(CCO)C(=O)NC1CCCN(c2ccccc2F)C1. The molecule has 5 nitrogen and oxygen atoms in total. The van der Waals surface area contributed by atoms with Crippen LogP contribution in [0.4, 0.5) is 14.9 Å². The van der Waals surface area contributed by atoms with Gasteiger partial charge >= 0.3 is 6.03 Å². The second kappa shape index (κ2) is 7.26. The van der Waals surface area contributed by atoms with Crippen molar-refractivity contribution in [2.24, 2.45) is 0 Å². The fraction of sp³-hybridized carbons (Fsp3) is 0.533. The average Bonchev–Trinajstić information content (AvgIpc) is 2.48. The molecule has 6 heteroatoms. The number of carbonyl (C=O) groups excluding carboxylic acids is 1. The maximum absolute atomic E-state index is 13.8. The number of likely N-dealkylation sites (N-methyl/N-ethyl adjacent to an activating group) is 1. The fourth-order valence-corrected chi connectivity index (χ4v) is 2.56. The Balaban J connectivity index is 1.95. The first-order valence-electron chi connectivity index (χ1n) is 7.23. The van der Waals surface area contributed by atoms with E-state index >= 15 is 0 Å². The third-order valence-corrected chi connectivity index (χ3v) is 3.72. The number of para-hydroxylation sites is 1. The van der Waals surface area contributed by atoms with E-state index in [0.29, 0.717) is 18.8 Å². The Kier molecular flexibility index (Phi) is 5.38. The molecule has 2 N–H and O–H groups in total. The van der Waals surface area contributed by atoms with Crippen LogP contribution in [0.25, 0.3) is 0 Å². The third-order valence-electron chi connectivity index (χ3n) is 3.72. The fourth-order valence-electron chi connectivity index (χ4n) is 2.56. The monoisotopic (exact) mass is 295 g/mol. The number of hydrogen-bond donors (Lipinski definition) is 2. The molecule has 0 radical (unpaired) electrons. The zero-order valence-corrected chi connectivity index (χ0v) is 12.3. The van der Waals surface area contributed by atoms with Crippen LogP contribution in [0.5, 0.6) is 0 Å². The molecule has 0 saturated carbocycles. The van der Waals surface area contributed by atoms with Gasteiger partial charge in [0, 0.05) is 32.7 Å². The number of aliphatic hydroxyl groups is 1. The number of aliphatic hydroxyl groups excluding tert-OH is 1. The Bertz CT molecular complexity index is 484. The van der Waals surface area contributed by atoms with Gasteiger partial charge in [0.2, 0.25) is 0 Å². The Morgan fingerprint density at radius 3 is 3.00 bits per heavy atom. The van der Waals surface area contributed by atoms with Gasteiger partial charge in [-0.25, -0.2) is 9.18 Å². The van der Waals surface area contributed by atoms with Gasteiger partial charge in [-0.1, -0.05) is 12.1 Å². The largest absolute Gasteiger partial charge is 0.395 e. The van der Waals surface area contributed by atoms with E-state index in [9.17, 15) is 9.18 Å². The van der Waals surface area contributed by atoms with E-state index in [4.69, 9.17) is 5.11 Å². The molecular formula is C15H22FN3O2. The standard InChI is InChI=1S/C15H22FN3O2/c1-18(9-10-20)15(21)17-12-5-4-8-19(11-12)14-7-3-2-6-13(14)16/h2-3,6-7,12,20H,4-5,8-11H2,1H3,(H,17,21). The number of anilines is 1. The van der Waals surface area contributed by atoms with Crippen molar-refractivity contribution >= 4 is 11.7 Å². The van der Waals surface area contributed by atoms with Crippen LogP contribution < -0.4 is 10.2 Å². The summed E-state index contributed by atoms with van der Waals surface area (Å²) in [7, 11) is 1.64. The smallest absolute Gasteiger partial charge is 0.317 e. The molecule has 21 heavy (non-hydrogen) atoms. The molecule has 2 rings (SSSR count). The Hall–Kier alpha value is -1.82. The summed E-state index contributed by atoms with van der Waals surface area (Å²) in [5, 5.41) is 11.8. The van der Waals surface area contributed by atoms with Crippen molar-refractivity contribution in [3.05, 3.63) is 30.1 Å². The lowest BCUT2D eigenvalue weighted by Gasteiger charge is -2.35. The number of halogens is 1. The topological polar surface area (TPSA) is 55.8 Å². The van der Waals surface area contributed by atoms with Gasteiger partial charge < -0.3 is 20.2 Å². The van der Waals surface area contributed by atoms with Gasteiger partial charge in [0.15, 0.2) is 0 Å². The highest BCUT2D eigenvalue weighted by atomic mass is 19.1. The van der Waals surface area contributed by atoms with Gasteiger partial charge in [0.25, 0.3) is 0 Å². The van der Waals surface area contributed by atoms with Gasteiger partial charge in [-0.2, -0.15) is 0 Å². The molecule has 1 saturated heterocycles.